The van der Waals surface area contributed by atoms with Crippen LogP contribution in [0.5, 0.6) is 0 Å². The molecule has 0 radical (unpaired) electrons. The van der Waals surface area contributed by atoms with Crippen LogP contribution in [0.4, 0.5) is 0 Å². The molecular formula is C10H20N4. The molecule has 2 N–H and O–H groups in total. The van der Waals surface area contributed by atoms with Gasteiger partial charge in [0.15, 0.2) is 0 Å². The van der Waals surface area contributed by atoms with Crippen LogP contribution in [-0.4, -0.2) is 22.5 Å². The van der Waals surface area contributed by atoms with Crippen LogP contribution in [0.2, 0.25) is 0 Å². The van der Waals surface area contributed by atoms with Crippen molar-refractivity contribution in [3.63, 3.8) is 0 Å². The van der Waals surface area contributed by atoms with Crippen LogP contribution in [0.1, 0.15) is 41.5 Å². The number of nitrogens with zero attached hydrogens (tertiary/aromatic N) is 2. The molecule has 0 aliphatic heterocycles. The summed E-state index contributed by atoms with van der Waals surface area (Å²) in [5.41, 5.74) is -0.182. The molecule has 0 aromatic rings. The van der Waals surface area contributed by atoms with E-state index < -0.39 is 11.1 Å². The van der Waals surface area contributed by atoms with E-state index in [1.165, 1.54) is 0 Å². The van der Waals surface area contributed by atoms with E-state index in [1.807, 2.05) is 27.7 Å². The molecule has 4 nitrogen and oxygen atoms in total. The first-order valence-corrected chi connectivity index (χ1v) is 4.65. The summed E-state index contributed by atoms with van der Waals surface area (Å²) >= 11 is 0. The SMILES string of the molecule is CC(=N)C(C)(C)N=NC(C)(C)C(C)=N. The molecule has 0 spiro atoms. The van der Waals surface area contributed by atoms with E-state index in [0.29, 0.717) is 11.4 Å². The van der Waals surface area contributed by atoms with Gasteiger partial charge in [-0.2, -0.15) is 10.2 Å². The summed E-state index contributed by atoms with van der Waals surface area (Å²) in [5.74, 6) is 0. The maximum absolute atomic E-state index is 7.50. The van der Waals surface area contributed by atoms with Gasteiger partial charge in [-0.25, -0.2) is 0 Å². The van der Waals surface area contributed by atoms with Crippen LogP contribution in [0, 0.1) is 10.8 Å². The lowest BCUT2D eigenvalue weighted by molar-refractivity contribution is 0.559. The lowest BCUT2D eigenvalue weighted by Gasteiger charge is -2.21. The first-order valence-electron chi connectivity index (χ1n) is 4.65. The van der Waals surface area contributed by atoms with E-state index in [0.717, 1.165) is 0 Å². The van der Waals surface area contributed by atoms with Gasteiger partial charge in [0, 0.05) is 11.4 Å². The molecule has 0 rings (SSSR count). The largest absolute Gasteiger partial charge is 0.307 e. The molecule has 0 aromatic carbocycles. The molecule has 0 aromatic heterocycles. The van der Waals surface area contributed by atoms with Crippen molar-refractivity contribution in [3.8, 4) is 0 Å². The molecule has 0 atom stereocenters. The van der Waals surface area contributed by atoms with Gasteiger partial charge < -0.3 is 10.8 Å². The van der Waals surface area contributed by atoms with Crippen LogP contribution < -0.4 is 0 Å². The zero-order valence-electron chi connectivity index (χ0n) is 9.89. The normalized spacial score (nSPS) is 13.3. The minimum absolute atomic E-state index is 0.472. The van der Waals surface area contributed by atoms with Crippen molar-refractivity contribution in [1.29, 1.82) is 10.8 Å². The summed E-state index contributed by atoms with van der Waals surface area (Å²) in [6, 6.07) is 0. The smallest absolute Gasteiger partial charge is 0.113 e. The molecule has 0 fully saturated rings. The molecule has 0 aliphatic carbocycles. The fraction of sp³-hybridized carbons (Fsp3) is 0.800. The molecule has 14 heavy (non-hydrogen) atoms. The molecule has 80 valence electrons. The van der Waals surface area contributed by atoms with E-state index in [2.05, 4.69) is 10.2 Å². The van der Waals surface area contributed by atoms with Crippen molar-refractivity contribution in [1.82, 2.24) is 0 Å². The summed E-state index contributed by atoms with van der Waals surface area (Å²) in [6.45, 7) is 10.8. The average molecular weight is 196 g/mol. The summed E-state index contributed by atoms with van der Waals surface area (Å²) in [4.78, 5) is 0. The Morgan fingerprint density at radius 2 is 1.00 bits per heavy atom. The lowest BCUT2D eigenvalue weighted by atomic mass is 10.00. The van der Waals surface area contributed by atoms with E-state index in [9.17, 15) is 0 Å². The highest BCUT2D eigenvalue weighted by Crippen LogP contribution is 2.17. The Kier molecular flexibility index (Phi) is 3.68. The van der Waals surface area contributed by atoms with Crippen LogP contribution in [0.25, 0.3) is 0 Å². The Bertz CT molecular complexity index is 246. The second kappa shape index (κ2) is 3.98. The number of hydrogen-bond acceptors (Lipinski definition) is 4. The fourth-order valence-electron chi connectivity index (χ4n) is 0.400. The van der Waals surface area contributed by atoms with Crippen LogP contribution in [0.3, 0.4) is 0 Å². The first-order chi connectivity index (χ1) is 6.09. The van der Waals surface area contributed by atoms with E-state index >= 15 is 0 Å². The van der Waals surface area contributed by atoms with Crippen molar-refractivity contribution in [2.75, 3.05) is 0 Å². The summed E-state index contributed by atoms with van der Waals surface area (Å²) in [5, 5.41) is 23.2. The number of rotatable bonds is 4. The standard InChI is InChI=1S/C10H20N4/c1-7(11)9(3,4)13-14-10(5,6)8(2)12/h11-12H,1-6H3. The van der Waals surface area contributed by atoms with Crippen molar-refractivity contribution < 1.29 is 0 Å². The molecule has 4 heteroatoms. The van der Waals surface area contributed by atoms with E-state index in [-0.39, 0.29) is 0 Å². The van der Waals surface area contributed by atoms with E-state index in [4.69, 9.17) is 10.8 Å². The topological polar surface area (TPSA) is 72.4 Å². The Balaban J connectivity index is 4.76. The van der Waals surface area contributed by atoms with Gasteiger partial charge >= 0.3 is 0 Å². The third-order valence-electron chi connectivity index (χ3n) is 2.39. The molecule has 0 heterocycles. The number of nitrogens with one attached hydrogen (secondary N) is 2. The summed E-state index contributed by atoms with van der Waals surface area (Å²) in [6.07, 6.45) is 0. The molecular weight excluding hydrogens is 176 g/mol. The average Bonchev–Trinajstić information content (AvgIpc) is 2.01. The molecule has 0 bridgehead atoms. The van der Waals surface area contributed by atoms with Crippen molar-refractivity contribution in [3.05, 3.63) is 0 Å². The zero-order chi connectivity index (χ0) is 11.6. The van der Waals surface area contributed by atoms with Crippen molar-refractivity contribution in [2.45, 2.75) is 52.6 Å². The Labute approximate surface area is 85.8 Å². The third kappa shape index (κ3) is 3.36. The van der Waals surface area contributed by atoms with E-state index in [1.54, 1.807) is 13.8 Å². The second-order valence-electron chi connectivity index (χ2n) is 4.57. The highest BCUT2D eigenvalue weighted by molar-refractivity contribution is 5.89. The molecule has 0 unspecified atom stereocenters. The fourth-order valence-corrected chi connectivity index (χ4v) is 0.400. The first kappa shape index (κ1) is 12.9. The molecule has 0 saturated carbocycles. The van der Waals surface area contributed by atoms with Gasteiger partial charge in [-0.3, -0.25) is 0 Å². The number of hydrogen-bond donors (Lipinski definition) is 2. The minimum atomic E-state index is -0.563. The Morgan fingerprint density at radius 3 is 1.14 bits per heavy atom. The van der Waals surface area contributed by atoms with Gasteiger partial charge in [0.25, 0.3) is 0 Å². The molecule has 0 amide bonds. The van der Waals surface area contributed by atoms with Gasteiger partial charge in [0.1, 0.15) is 11.1 Å². The molecule has 0 aliphatic rings. The maximum atomic E-state index is 7.50. The van der Waals surface area contributed by atoms with Crippen molar-refractivity contribution in [2.24, 2.45) is 10.2 Å². The zero-order valence-corrected chi connectivity index (χ0v) is 9.89. The van der Waals surface area contributed by atoms with Gasteiger partial charge in [-0.1, -0.05) is 0 Å². The summed E-state index contributed by atoms with van der Waals surface area (Å²) < 4.78 is 0. The Hall–Kier alpha value is -1.06. The van der Waals surface area contributed by atoms with Crippen LogP contribution in [-0.2, 0) is 0 Å². The van der Waals surface area contributed by atoms with Gasteiger partial charge in [0.2, 0.25) is 0 Å². The predicted octanol–water partition coefficient (Wildman–Crippen LogP) is 3.08. The minimum Gasteiger partial charge on any atom is -0.307 e. The quantitative estimate of drug-likeness (QED) is 0.512. The number of azo groups is 1. The van der Waals surface area contributed by atoms with Gasteiger partial charge in [-0.05, 0) is 41.5 Å². The lowest BCUT2D eigenvalue weighted by Crippen LogP contribution is -2.30. The van der Waals surface area contributed by atoms with Crippen LogP contribution in [0.15, 0.2) is 10.2 Å². The highest BCUT2D eigenvalue weighted by Gasteiger charge is 2.24. The molecule has 0 saturated heterocycles. The van der Waals surface area contributed by atoms with Gasteiger partial charge in [-0.15, -0.1) is 0 Å². The summed E-state index contributed by atoms with van der Waals surface area (Å²) in [7, 11) is 0. The Morgan fingerprint density at radius 1 is 0.786 bits per heavy atom. The monoisotopic (exact) mass is 196 g/mol. The third-order valence-corrected chi connectivity index (χ3v) is 2.39. The highest BCUT2D eigenvalue weighted by atomic mass is 15.2. The maximum Gasteiger partial charge on any atom is 0.113 e. The van der Waals surface area contributed by atoms with Gasteiger partial charge in [0.05, 0.1) is 0 Å². The van der Waals surface area contributed by atoms with Crippen LogP contribution >= 0.6 is 0 Å². The van der Waals surface area contributed by atoms with Crippen molar-refractivity contribution >= 4 is 11.4 Å². The predicted molar refractivity (Wildman–Crippen MR) is 59.8 cm³/mol. The second-order valence-corrected chi connectivity index (χ2v) is 4.57.